The summed E-state index contributed by atoms with van der Waals surface area (Å²) >= 11 is 0. The maximum absolute atomic E-state index is 8.50. The summed E-state index contributed by atoms with van der Waals surface area (Å²) in [6.07, 6.45) is 4.03. The van der Waals surface area contributed by atoms with E-state index in [1.807, 2.05) is 0 Å². The second-order valence-corrected chi connectivity index (χ2v) is 1.14. The molecule has 40 valence electrons. The number of hydrogen-bond donors (Lipinski definition) is 1. The second-order valence-electron chi connectivity index (χ2n) is 1.14. The minimum Gasteiger partial charge on any atom is -0.381 e. The average molecular weight is 100 g/mol. The Morgan fingerprint density at radius 3 is 2.71 bits per heavy atom. The number of aliphatic hydroxyl groups is 1. The molecule has 2 heteroatoms. The van der Waals surface area contributed by atoms with Crippen LogP contribution in [-0.2, 0) is 4.74 Å². The van der Waals surface area contributed by atoms with Gasteiger partial charge in [-0.3, -0.25) is 0 Å². The Balaban J connectivity index is 3.04. The maximum atomic E-state index is 8.50. The Bertz CT molecular complexity index is 72.6. The first-order valence-corrected chi connectivity index (χ1v) is 1.94. The molecule has 1 unspecified atom stereocenters. The second kappa shape index (κ2) is 3.66. The van der Waals surface area contributed by atoms with Gasteiger partial charge in [0.25, 0.3) is 0 Å². The predicted octanol–water partition coefficient (Wildman–Crippen LogP) is -0.373. The van der Waals surface area contributed by atoms with E-state index in [9.17, 15) is 0 Å². The van der Waals surface area contributed by atoms with Gasteiger partial charge in [0.1, 0.15) is 6.10 Å². The molecular weight excluding hydrogens is 92.1 g/mol. The zero-order valence-corrected chi connectivity index (χ0v) is 4.22. The molecule has 0 bridgehead atoms. The summed E-state index contributed by atoms with van der Waals surface area (Å²) in [6.45, 7) is 0.219. The van der Waals surface area contributed by atoms with E-state index in [-0.39, 0.29) is 6.61 Å². The van der Waals surface area contributed by atoms with Crippen molar-refractivity contribution in [1.82, 2.24) is 0 Å². The molecule has 0 radical (unpaired) electrons. The van der Waals surface area contributed by atoms with Crippen LogP contribution in [0.2, 0.25) is 0 Å². The quantitative estimate of drug-likeness (QED) is 0.479. The van der Waals surface area contributed by atoms with Gasteiger partial charge in [0.2, 0.25) is 0 Å². The van der Waals surface area contributed by atoms with Crippen LogP contribution >= 0.6 is 0 Å². The van der Waals surface area contributed by atoms with Crippen molar-refractivity contribution in [3.05, 3.63) is 0 Å². The van der Waals surface area contributed by atoms with Gasteiger partial charge in [-0.25, -0.2) is 0 Å². The molecular formula is C5H8O2. The highest BCUT2D eigenvalue weighted by Gasteiger charge is 1.92. The molecule has 7 heavy (non-hydrogen) atoms. The lowest BCUT2D eigenvalue weighted by atomic mass is 10.4. The van der Waals surface area contributed by atoms with Crippen LogP contribution in [-0.4, -0.2) is 24.9 Å². The van der Waals surface area contributed by atoms with Crippen molar-refractivity contribution in [1.29, 1.82) is 0 Å². The Labute approximate surface area is 43.1 Å². The lowest BCUT2D eigenvalue weighted by molar-refractivity contribution is 0.0988. The van der Waals surface area contributed by atoms with E-state index >= 15 is 0 Å². The summed E-state index contributed by atoms with van der Waals surface area (Å²) < 4.78 is 4.50. The van der Waals surface area contributed by atoms with Crippen LogP contribution < -0.4 is 0 Å². The van der Waals surface area contributed by atoms with Crippen molar-refractivity contribution in [3.63, 3.8) is 0 Å². The molecule has 0 saturated heterocycles. The van der Waals surface area contributed by atoms with E-state index in [0.717, 1.165) is 0 Å². The van der Waals surface area contributed by atoms with E-state index in [4.69, 9.17) is 11.5 Å². The fourth-order valence-electron chi connectivity index (χ4n) is 0.206. The van der Waals surface area contributed by atoms with Crippen LogP contribution in [0.1, 0.15) is 0 Å². The van der Waals surface area contributed by atoms with Gasteiger partial charge >= 0.3 is 0 Å². The third kappa shape index (κ3) is 3.31. The molecule has 1 atom stereocenters. The Morgan fingerprint density at radius 1 is 2.00 bits per heavy atom. The summed E-state index contributed by atoms with van der Waals surface area (Å²) in [6, 6.07) is 0. The van der Waals surface area contributed by atoms with Crippen molar-refractivity contribution in [2.45, 2.75) is 6.10 Å². The topological polar surface area (TPSA) is 29.5 Å². The standard InChI is InChI=1S/C5H8O2/c1-3-5(6)4-7-2/h1,5-6H,4H2,2H3. The van der Waals surface area contributed by atoms with E-state index in [1.165, 1.54) is 7.11 Å². The molecule has 1 N–H and O–H groups in total. The van der Waals surface area contributed by atoms with Gasteiger partial charge in [0.15, 0.2) is 0 Å². The maximum Gasteiger partial charge on any atom is 0.137 e. The van der Waals surface area contributed by atoms with Crippen molar-refractivity contribution in [2.75, 3.05) is 13.7 Å². The number of rotatable bonds is 2. The van der Waals surface area contributed by atoms with Crippen molar-refractivity contribution in [3.8, 4) is 12.3 Å². The Hall–Kier alpha value is -0.520. The molecule has 0 aromatic carbocycles. The first-order chi connectivity index (χ1) is 3.31. The highest BCUT2D eigenvalue weighted by atomic mass is 16.5. The molecule has 0 aliphatic rings. The molecule has 0 rings (SSSR count). The van der Waals surface area contributed by atoms with Crippen LogP contribution in [0.15, 0.2) is 0 Å². The average Bonchev–Trinajstić information content (AvgIpc) is 1.68. The molecule has 0 aromatic heterocycles. The third-order valence-corrected chi connectivity index (χ3v) is 0.517. The first-order valence-electron chi connectivity index (χ1n) is 1.94. The number of methoxy groups -OCH3 is 1. The normalized spacial score (nSPS) is 12.7. The van der Waals surface area contributed by atoms with Crippen molar-refractivity contribution in [2.24, 2.45) is 0 Å². The van der Waals surface area contributed by atoms with Gasteiger partial charge in [-0.2, -0.15) is 0 Å². The number of ether oxygens (including phenoxy) is 1. The van der Waals surface area contributed by atoms with Crippen molar-refractivity contribution >= 4 is 0 Å². The highest BCUT2D eigenvalue weighted by Crippen LogP contribution is 1.76. The van der Waals surface area contributed by atoms with Gasteiger partial charge in [0.05, 0.1) is 6.61 Å². The zero-order chi connectivity index (χ0) is 5.70. The fraction of sp³-hybridized carbons (Fsp3) is 0.600. The number of hydrogen-bond acceptors (Lipinski definition) is 2. The lowest BCUT2D eigenvalue weighted by Gasteiger charge is -1.96. The smallest absolute Gasteiger partial charge is 0.137 e. The van der Waals surface area contributed by atoms with Crippen LogP contribution in [0.3, 0.4) is 0 Å². The van der Waals surface area contributed by atoms with Crippen LogP contribution in [0.5, 0.6) is 0 Å². The molecule has 0 aromatic rings. The van der Waals surface area contributed by atoms with E-state index in [0.29, 0.717) is 0 Å². The Morgan fingerprint density at radius 2 is 2.57 bits per heavy atom. The van der Waals surface area contributed by atoms with Crippen LogP contribution in [0.25, 0.3) is 0 Å². The molecule has 0 fully saturated rings. The summed E-state index contributed by atoms with van der Waals surface area (Å²) in [5.74, 6) is 2.10. The van der Waals surface area contributed by atoms with Gasteiger partial charge in [-0.15, -0.1) is 6.42 Å². The van der Waals surface area contributed by atoms with Gasteiger partial charge in [0, 0.05) is 7.11 Å². The minimum absolute atomic E-state index is 0.219. The van der Waals surface area contributed by atoms with E-state index in [1.54, 1.807) is 0 Å². The zero-order valence-electron chi connectivity index (χ0n) is 4.22. The van der Waals surface area contributed by atoms with Crippen LogP contribution in [0, 0.1) is 12.3 Å². The number of aliphatic hydroxyl groups excluding tert-OH is 1. The molecule has 0 aliphatic heterocycles. The summed E-state index contributed by atoms with van der Waals surface area (Å²) in [5.41, 5.74) is 0. The van der Waals surface area contributed by atoms with Gasteiger partial charge in [-0.1, -0.05) is 5.92 Å². The lowest BCUT2D eigenvalue weighted by Crippen LogP contribution is -2.09. The van der Waals surface area contributed by atoms with Gasteiger partial charge in [-0.05, 0) is 0 Å². The highest BCUT2D eigenvalue weighted by molar-refractivity contribution is 4.92. The SMILES string of the molecule is C#CC(O)COC. The molecule has 2 nitrogen and oxygen atoms in total. The molecule has 0 aliphatic carbocycles. The Kier molecular flexibility index (Phi) is 3.39. The monoisotopic (exact) mass is 100 g/mol. The van der Waals surface area contributed by atoms with Crippen molar-refractivity contribution < 1.29 is 9.84 Å². The first kappa shape index (κ1) is 6.48. The summed E-state index contributed by atoms with van der Waals surface area (Å²) in [5, 5.41) is 8.50. The minimum atomic E-state index is -0.745. The van der Waals surface area contributed by atoms with Gasteiger partial charge < -0.3 is 9.84 Å². The third-order valence-electron chi connectivity index (χ3n) is 0.517. The summed E-state index contributed by atoms with van der Waals surface area (Å²) in [7, 11) is 1.49. The molecule has 0 heterocycles. The summed E-state index contributed by atoms with van der Waals surface area (Å²) in [4.78, 5) is 0. The molecule has 0 amide bonds. The van der Waals surface area contributed by atoms with Crippen LogP contribution in [0.4, 0.5) is 0 Å². The molecule has 0 saturated carbocycles. The fourth-order valence-corrected chi connectivity index (χ4v) is 0.206. The molecule has 0 spiro atoms. The number of terminal acetylenes is 1. The predicted molar refractivity (Wildman–Crippen MR) is 26.7 cm³/mol. The van der Waals surface area contributed by atoms with E-state index in [2.05, 4.69) is 10.7 Å². The van der Waals surface area contributed by atoms with E-state index < -0.39 is 6.10 Å². The largest absolute Gasteiger partial charge is 0.381 e.